The van der Waals surface area contributed by atoms with Crippen molar-refractivity contribution >= 4 is 28.2 Å². The topological polar surface area (TPSA) is 80.5 Å². The Morgan fingerprint density at radius 3 is 2.42 bits per heavy atom. The Bertz CT molecular complexity index is 648. The Morgan fingerprint density at radius 2 is 1.92 bits per heavy atom. The van der Waals surface area contributed by atoms with Crippen LogP contribution in [-0.4, -0.2) is 43.8 Å². The maximum absolute atomic E-state index is 13.0. The van der Waals surface area contributed by atoms with E-state index >= 15 is 0 Å². The number of carbonyl (C=O) groups is 1. The van der Waals surface area contributed by atoms with Crippen LogP contribution in [0.4, 0.5) is 4.39 Å². The highest BCUT2D eigenvalue weighted by molar-refractivity contribution is 7.90. The van der Waals surface area contributed by atoms with Crippen molar-refractivity contribution in [1.82, 2.24) is 4.90 Å². The molecular weight excluding hydrogens is 355 g/mol. The lowest BCUT2D eigenvalue weighted by atomic mass is 10.1. The Hall–Kier alpha value is -1.18. The largest absolute Gasteiger partial charge is 0.337 e. The van der Waals surface area contributed by atoms with Gasteiger partial charge in [0.05, 0.1) is 11.8 Å². The molecule has 1 aliphatic rings. The van der Waals surface area contributed by atoms with Gasteiger partial charge in [-0.25, -0.2) is 12.8 Å². The molecular formula is C16H24ClFN2O3S. The van der Waals surface area contributed by atoms with Crippen molar-refractivity contribution < 1.29 is 17.6 Å². The second-order valence-corrected chi connectivity index (χ2v) is 8.57. The highest BCUT2D eigenvalue weighted by Crippen LogP contribution is 2.30. The van der Waals surface area contributed by atoms with Crippen molar-refractivity contribution in [2.24, 2.45) is 11.7 Å². The summed E-state index contributed by atoms with van der Waals surface area (Å²) in [6, 6.07) is 5.18. The van der Waals surface area contributed by atoms with Gasteiger partial charge in [0.2, 0.25) is 5.91 Å². The molecule has 5 nitrogen and oxygen atoms in total. The van der Waals surface area contributed by atoms with Crippen LogP contribution in [0.1, 0.15) is 24.8 Å². The van der Waals surface area contributed by atoms with Crippen molar-refractivity contribution in [3.63, 3.8) is 0 Å². The zero-order valence-corrected chi connectivity index (χ0v) is 15.3. The van der Waals surface area contributed by atoms with Gasteiger partial charge in [-0.2, -0.15) is 0 Å². The minimum Gasteiger partial charge on any atom is -0.337 e. The van der Waals surface area contributed by atoms with Crippen molar-refractivity contribution in [3.05, 3.63) is 35.6 Å². The van der Waals surface area contributed by atoms with Gasteiger partial charge in [-0.1, -0.05) is 12.1 Å². The molecule has 0 aliphatic heterocycles. The number of carbonyl (C=O) groups excluding carboxylic acids is 1. The first-order chi connectivity index (χ1) is 10.7. The van der Waals surface area contributed by atoms with Gasteiger partial charge < -0.3 is 10.6 Å². The number of benzene rings is 1. The van der Waals surface area contributed by atoms with Crippen LogP contribution >= 0.6 is 12.4 Å². The number of nitrogens with zero attached hydrogens (tertiary/aromatic N) is 1. The third-order valence-electron chi connectivity index (χ3n) is 3.89. The molecule has 0 saturated heterocycles. The molecule has 1 fully saturated rings. The molecule has 0 spiro atoms. The van der Waals surface area contributed by atoms with Gasteiger partial charge in [0.15, 0.2) is 0 Å². The number of halogens is 2. The van der Waals surface area contributed by atoms with E-state index in [0.717, 1.165) is 24.7 Å². The molecule has 0 radical (unpaired) electrons. The lowest BCUT2D eigenvalue weighted by Crippen LogP contribution is -2.45. The van der Waals surface area contributed by atoms with E-state index in [4.69, 9.17) is 5.73 Å². The van der Waals surface area contributed by atoms with E-state index < -0.39 is 15.9 Å². The van der Waals surface area contributed by atoms with E-state index in [-0.39, 0.29) is 36.3 Å². The number of amides is 1. The molecule has 1 amide bonds. The molecule has 136 valence electrons. The Labute approximate surface area is 148 Å². The number of hydrogen-bond donors (Lipinski definition) is 1. The number of hydrogen-bond acceptors (Lipinski definition) is 4. The molecule has 2 N–H and O–H groups in total. The normalized spacial score (nSPS) is 15.5. The highest BCUT2D eigenvalue weighted by Gasteiger charge is 2.29. The number of rotatable bonds is 8. The summed E-state index contributed by atoms with van der Waals surface area (Å²) in [5.41, 5.74) is 6.71. The van der Waals surface area contributed by atoms with Crippen molar-refractivity contribution in [2.75, 3.05) is 18.6 Å². The first-order valence-corrected chi connectivity index (χ1v) is 9.77. The highest BCUT2D eigenvalue weighted by atomic mass is 35.5. The first-order valence-electron chi connectivity index (χ1n) is 7.71. The third-order valence-corrected chi connectivity index (χ3v) is 4.87. The van der Waals surface area contributed by atoms with Gasteiger partial charge in [0.25, 0.3) is 0 Å². The predicted molar refractivity (Wildman–Crippen MR) is 94.1 cm³/mol. The lowest BCUT2D eigenvalue weighted by molar-refractivity contribution is -0.133. The van der Waals surface area contributed by atoms with Gasteiger partial charge in [0.1, 0.15) is 15.7 Å². The van der Waals surface area contributed by atoms with Crippen molar-refractivity contribution in [1.29, 1.82) is 0 Å². The second kappa shape index (κ2) is 8.78. The van der Waals surface area contributed by atoms with E-state index in [2.05, 4.69) is 0 Å². The summed E-state index contributed by atoms with van der Waals surface area (Å²) in [6.45, 7) is 0.977. The van der Waals surface area contributed by atoms with Crippen LogP contribution in [0, 0.1) is 11.7 Å². The minimum atomic E-state index is -3.15. The Balaban J connectivity index is 0.00000288. The smallest absolute Gasteiger partial charge is 0.239 e. The van der Waals surface area contributed by atoms with Crippen molar-refractivity contribution in [2.45, 2.75) is 31.8 Å². The fourth-order valence-corrected chi connectivity index (χ4v) is 3.04. The third kappa shape index (κ3) is 7.15. The zero-order valence-electron chi connectivity index (χ0n) is 13.7. The minimum absolute atomic E-state index is 0. The SMILES string of the molecule is CS(=O)(=O)CCC(N)C(=O)N(Cc1ccc(F)cc1)CC1CC1.Cl. The van der Waals surface area contributed by atoms with Crippen LogP contribution in [0.5, 0.6) is 0 Å². The van der Waals surface area contributed by atoms with E-state index in [1.807, 2.05) is 0 Å². The van der Waals surface area contributed by atoms with E-state index in [0.29, 0.717) is 19.0 Å². The standard InChI is InChI=1S/C16H23FN2O3S.ClH/c1-23(21,22)9-8-15(18)16(20)19(10-12-2-3-12)11-13-4-6-14(17)7-5-13;/h4-7,12,15H,2-3,8-11,18H2,1H3;1H. The van der Waals surface area contributed by atoms with E-state index in [1.54, 1.807) is 17.0 Å². The molecule has 1 aromatic carbocycles. The summed E-state index contributed by atoms with van der Waals surface area (Å²) in [6.07, 6.45) is 3.42. The van der Waals surface area contributed by atoms with Crippen molar-refractivity contribution in [3.8, 4) is 0 Å². The molecule has 2 rings (SSSR count). The summed E-state index contributed by atoms with van der Waals surface area (Å²) < 4.78 is 35.4. The molecule has 1 aromatic rings. The van der Waals surface area contributed by atoms with Crippen LogP contribution in [0.3, 0.4) is 0 Å². The van der Waals surface area contributed by atoms with Crippen LogP contribution < -0.4 is 5.73 Å². The quantitative estimate of drug-likeness (QED) is 0.747. The Kier molecular flexibility index (Phi) is 7.63. The average Bonchev–Trinajstić information content (AvgIpc) is 3.29. The molecule has 8 heteroatoms. The molecule has 1 atom stereocenters. The first kappa shape index (κ1) is 20.9. The maximum Gasteiger partial charge on any atom is 0.239 e. The fraction of sp³-hybridized carbons (Fsp3) is 0.562. The maximum atomic E-state index is 13.0. The van der Waals surface area contributed by atoms with Gasteiger partial charge in [-0.05, 0) is 42.9 Å². The molecule has 1 unspecified atom stereocenters. The molecule has 1 aliphatic carbocycles. The number of nitrogens with two attached hydrogens (primary N) is 1. The summed E-state index contributed by atoms with van der Waals surface area (Å²) in [4.78, 5) is 14.2. The molecule has 0 heterocycles. The van der Waals surface area contributed by atoms with Gasteiger partial charge >= 0.3 is 0 Å². The Morgan fingerprint density at radius 1 is 1.33 bits per heavy atom. The molecule has 24 heavy (non-hydrogen) atoms. The van der Waals surface area contributed by atoms with Gasteiger partial charge in [-0.3, -0.25) is 4.79 Å². The summed E-state index contributed by atoms with van der Waals surface area (Å²) in [7, 11) is -3.15. The van der Waals surface area contributed by atoms with E-state index in [1.165, 1.54) is 12.1 Å². The predicted octanol–water partition coefficient (Wildman–Crippen LogP) is 1.75. The summed E-state index contributed by atoms with van der Waals surface area (Å²) >= 11 is 0. The van der Waals surface area contributed by atoms with Crippen LogP contribution in [0.15, 0.2) is 24.3 Å². The fourth-order valence-electron chi connectivity index (χ4n) is 2.35. The van der Waals surface area contributed by atoms with E-state index in [9.17, 15) is 17.6 Å². The number of sulfone groups is 1. The summed E-state index contributed by atoms with van der Waals surface area (Å²) in [5.74, 6) is -0.182. The lowest BCUT2D eigenvalue weighted by Gasteiger charge is -2.26. The van der Waals surface area contributed by atoms with Gasteiger partial charge in [0, 0.05) is 19.3 Å². The molecule has 0 bridgehead atoms. The molecule has 1 saturated carbocycles. The van der Waals surface area contributed by atoms with Crippen LogP contribution in [0.25, 0.3) is 0 Å². The van der Waals surface area contributed by atoms with Crippen LogP contribution in [-0.2, 0) is 21.2 Å². The zero-order chi connectivity index (χ0) is 17.0. The second-order valence-electron chi connectivity index (χ2n) is 6.31. The average molecular weight is 379 g/mol. The van der Waals surface area contributed by atoms with Crippen LogP contribution in [0.2, 0.25) is 0 Å². The summed E-state index contributed by atoms with van der Waals surface area (Å²) in [5, 5.41) is 0. The monoisotopic (exact) mass is 378 g/mol. The van der Waals surface area contributed by atoms with Gasteiger partial charge in [-0.15, -0.1) is 12.4 Å². The molecule has 0 aromatic heterocycles.